The van der Waals surface area contributed by atoms with E-state index in [-0.39, 0.29) is 5.92 Å². The summed E-state index contributed by atoms with van der Waals surface area (Å²) in [5.74, 6) is 0.563. The Labute approximate surface area is 119 Å². The normalized spacial score (nSPS) is 17.6. The van der Waals surface area contributed by atoms with Crippen LogP contribution in [0.1, 0.15) is 65.2 Å². The Morgan fingerprint density at radius 2 is 1.68 bits per heavy atom. The first-order valence-electron chi connectivity index (χ1n) is 8.28. The maximum atomic E-state index is 12.0. The van der Waals surface area contributed by atoms with Crippen molar-refractivity contribution in [2.75, 3.05) is 26.2 Å². The van der Waals surface area contributed by atoms with Crippen LogP contribution in [0.15, 0.2) is 0 Å². The third-order valence-corrected chi connectivity index (χ3v) is 4.12. The van der Waals surface area contributed by atoms with E-state index in [1.165, 1.54) is 38.6 Å². The average Bonchev–Trinajstić information content (AvgIpc) is 2.44. The summed E-state index contributed by atoms with van der Waals surface area (Å²) in [7, 11) is 0. The van der Waals surface area contributed by atoms with Crippen molar-refractivity contribution < 1.29 is 4.79 Å². The van der Waals surface area contributed by atoms with Crippen molar-refractivity contribution in [2.45, 2.75) is 65.2 Å². The zero-order valence-corrected chi connectivity index (χ0v) is 12.9. The summed E-state index contributed by atoms with van der Waals surface area (Å²) in [5, 5.41) is 3.10. The van der Waals surface area contributed by atoms with Crippen LogP contribution in [0.5, 0.6) is 0 Å². The Hall–Kier alpha value is -0.570. The molecule has 0 aromatic heterocycles. The van der Waals surface area contributed by atoms with Crippen LogP contribution in [0.2, 0.25) is 0 Å². The van der Waals surface area contributed by atoms with Gasteiger partial charge in [-0.2, -0.15) is 0 Å². The molecule has 1 amide bonds. The second kappa shape index (κ2) is 10.2. The lowest BCUT2D eigenvalue weighted by Crippen LogP contribution is -2.41. The fraction of sp³-hybridized carbons (Fsp3) is 0.938. The highest BCUT2D eigenvalue weighted by molar-refractivity contribution is 5.78. The summed E-state index contributed by atoms with van der Waals surface area (Å²) in [5.41, 5.74) is 0. The number of hydrogen-bond acceptors (Lipinski definition) is 2. The summed E-state index contributed by atoms with van der Waals surface area (Å²) in [6.07, 6.45) is 9.58. The van der Waals surface area contributed by atoms with E-state index in [1.54, 1.807) is 0 Å². The first-order valence-corrected chi connectivity index (χ1v) is 8.28. The van der Waals surface area contributed by atoms with E-state index in [2.05, 4.69) is 24.1 Å². The van der Waals surface area contributed by atoms with Crippen molar-refractivity contribution in [2.24, 2.45) is 5.92 Å². The molecule has 1 N–H and O–H groups in total. The maximum Gasteiger partial charge on any atom is 0.223 e. The molecule has 0 saturated carbocycles. The van der Waals surface area contributed by atoms with Gasteiger partial charge in [0.25, 0.3) is 0 Å². The van der Waals surface area contributed by atoms with Gasteiger partial charge >= 0.3 is 0 Å². The molecule has 3 nitrogen and oxygen atoms in total. The van der Waals surface area contributed by atoms with Gasteiger partial charge in [0.1, 0.15) is 0 Å². The molecule has 112 valence electrons. The smallest absolute Gasteiger partial charge is 0.223 e. The maximum absolute atomic E-state index is 12.0. The first kappa shape index (κ1) is 16.5. The molecule has 0 aromatic rings. The van der Waals surface area contributed by atoms with Gasteiger partial charge in [0.15, 0.2) is 0 Å². The SMILES string of the molecule is CCCCCNC(=O)C1CCN(CCCCC)CC1. The first-order chi connectivity index (χ1) is 9.27. The van der Waals surface area contributed by atoms with Crippen LogP contribution < -0.4 is 5.32 Å². The molecular formula is C16H32N2O. The number of carbonyl (C=O) groups is 1. The molecule has 0 atom stereocenters. The molecule has 19 heavy (non-hydrogen) atoms. The van der Waals surface area contributed by atoms with E-state index in [0.717, 1.165) is 38.9 Å². The van der Waals surface area contributed by atoms with Crippen molar-refractivity contribution in [3.8, 4) is 0 Å². The van der Waals surface area contributed by atoms with Gasteiger partial charge in [0.2, 0.25) is 5.91 Å². The van der Waals surface area contributed by atoms with Crippen LogP contribution in [0.3, 0.4) is 0 Å². The van der Waals surface area contributed by atoms with Gasteiger partial charge in [-0.05, 0) is 45.3 Å². The minimum absolute atomic E-state index is 0.268. The fourth-order valence-corrected chi connectivity index (χ4v) is 2.74. The summed E-state index contributed by atoms with van der Waals surface area (Å²) < 4.78 is 0. The van der Waals surface area contributed by atoms with Crippen LogP contribution in [0.25, 0.3) is 0 Å². The number of amides is 1. The third-order valence-electron chi connectivity index (χ3n) is 4.12. The van der Waals surface area contributed by atoms with Gasteiger partial charge in [0, 0.05) is 12.5 Å². The number of piperidine rings is 1. The minimum atomic E-state index is 0.268. The highest BCUT2D eigenvalue weighted by atomic mass is 16.1. The minimum Gasteiger partial charge on any atom is -0.356 e. The highest BCUT2D eigenvalue weighted by Gasteiger charge is 2.24. The number of unbranched alkanes of at least 4 members (excludes halogenated alkanes) is 4. The van der Waals surface area contributed by atoms with Crippen molar-refractivity contribution in [1.29, 1.82) is 0 Å². The topological polar surface area (TPSA) is 32.3 Å². The lowest BCUT2D eigenvalue weighted by molar-refractivity contribution is -0.126. The third kappa shape index (κ3) is 6.95. The Bertz CT molecular complexity index is 235. The number of likely N-dealkylation sites (tertiary alicyclic amines) is 1. The van der Waals surface area contributed by atoms with Crippen molar-refractivity contribution in [3.05, 3.63) is 0 Å². The molecule has 0 aromatic carbocycles. The Morgan fingerprint density at radius 3 is 2.32 bits per heavy atom. The zero-order chi connectivity index (χ0) is 13.9. The molecular weight excluding hydrogens is 236 g/mol. The van der Waals surface area contributed by atoms with Crippen LogP contribution in [0.4, 0.5) is 0 Å². The van der Waals surface area contributed by atoms with E-state index in [0.29, 0.717) is 5.91 Å². The van der Waals surface area contributed by atoms with E-state index < -0.39 is 0 Å². The van der Waals surface area contributed by atoms with Gasteiger partial charge in [0.05, 0.1) is 0 Å². The molecule has 0 aliphatic carbocycles. The predicted molar refractivity (Wildman–Crippen MR) is 81.2 cm³/mol. The second-order valence-electron chi connectivity index (χ2n) is 5.82. The monoisotopic (exact) mass is 268 g/mol. The molecule has 0 radical (unpaired) electrons. The summed E-state index contributed by atoms with van der Waals surface area (Å²) in [6, 6.07) is 0. The van der Waals surface area contributed by atoms with Crippen LogP contribution >= 0.6 is 0 Å². The zero-order valence-electron chi connectivity index (χ0n) is 12.9. The van der Waals surface area contributed by atoms with Crippen molar-refractivity contribution in [1.82, 2.24) is 10.2 Å². The number of carbonyl (C=O) groups excluding carboxylic acids is 1. The summed E-state index contributed by atoms with van der Waals surface area (Å²) >= 11 is 0. The van der Waals surface area contributed by atoms with Crippen LogP contribution in [-0.4, -0.2) is 37.0 Å². The number of nitrogens with zero attached hydrogens (tertiary/aromatic N) is 1. The number of nitrogens with one attached hydrogen (secondary N) is 1. The summed E-state index contributed by atoms with van der Waals surface area (Å²) in [4.78, 5) is 14.5. The fourth-order valence-electron chi connectivity index (χ4n) is 2.74. The van der Waals surface area contributed by atoms with Gasteiger partial charge in [-0.1, -0.05) is 39.5 Å². The van der Waals surface area contributed by atoms with E-state index in [9.17, 15) is 4.79 Å². The van der Waals surface area contributed by atoms with E-state index in [4.69, 9.17) is 0 Å². The molecule has 1 aliphatic rings. The van der Waals surface area contributed by atoms with Gasteiger partial charge in [-0.25, -0.2) is 0 Å². The van der Waals surface area contributed by atoms with Crippen LogP contribution in [0, 0.1) is 5.92 Å². The van der Waals surface area contributed by atoms with E-state index in [1.807, 2.05) is 0 Å². The van der Waals surface area contributed by atoms with Crippen LogP contribution in [-0.2, 0) is 4.79 Å². The molecule has 1 fully saturated rings. The lowest BCUT2D eigenvalue weighted by Gasteiger charge is -2.31. The Morgan fingerprint density at radius 1 is 1.05 bits per heavy atom. The van der Waals surface area contributed by atoms with Gasteiger partial charge in [-0.15, -0.1) is 0 Å². The molecule has 0 bridgehead atoms. The predicted octanol–water partition coefficient (Wildman–Crippen LogP) is 3.20. The number of rotatable bonds is 9. The molecule has 1 aliphatic heterocycles. The molecule has 1 rings (SSSR count). The molecule has 1 heterocycles. The standard InChI is InChI=1S/C16H32N2O/c1-3-5-7-11-17-16(19)15-9-13-18(14-10-15)12-8-6-4-2/h15H,3-14H2,1-2H3,(H,17,19). The average molecular weight is 268 g/mol. The molecule has 0 unspecified atom stereocenters. The molecule has 0 spiro atoms. The summed E-state index contributed by atoms with van der Waals surface area (Å²) in [6.45, 7) is 8.74. The largest absolute Gasteiger partial charge is 0.356 e. The van der Waals surface area contributed by atoms with Crippen molar-refractivity contribution in [3.63, 3.8) is 0 Å². The molecule has 1 saturated heterocycles. The van der Waals surface area contributed by atoms with Crippen molar-refractivity contribution >= 4 is 5.91 Å². The Balaban J connectivity index is 2.09. The van der Waals surface area contributed by atoms with Gasteiger partial charge in [-0.3, -0.25) is 4.79 Å². The Kier molecular flexibility index (Phi) is 8.89. The van der Waals surface area contributed by atoms with Gasteiger partial charge < -0.3 is 10.2 Å². The van der Waals surface area contributed by atoms with E-state index >= 15 is 0 Å². The highest BCUT2D eigenvalue weighted by Crippen LogP contribution is 2.17. The second-order valence-corrected chi connectivity index (χ2v) is 5.82. The quantitative estimate of drug-likeness (QED) is 0.651. The molecule has 3 heteroatoms. The lowest BCUT2D eigenvalue weighted by atomic mass is 9.95. The number of hydrogen-bond donors (Lipinski definition) is 1.